The van der Waals surface area contributed by atoms with Gasteiger partial charge in [-0.25, -0.2) is 0 Å². The zero-order valence-electron chi connectivity index (χ0n) is 11.7. The molecule has 0 bridgehead atoms. The second-order valence-corrected chi connectivity index (χ2v) is 4.50. The van der Waals surface area contributed by atoms with Crippen molar-refractivity contribution in [3.05, 3.63) is 29.8 Å². The Balaban J connectivity index is 2.33. The van der Waals surface area contributed by atoms with E-state index in [1.54, 1.807) is 0 Å². The number of hydrogen-bond donors (Lipinski definition) is 2. The predicted octanol–water partition coefficient (Wildman–Crippen LogP) is 1.99. The highest BCUT2D eigenvalue weighted by Crippen LogP contribution is 2.13. The molecule has 0 amide bonds. The number of aliphatic hydroxyl groups is 1. The van der Waals surface area contributed by atoms with Crippen LogP contribution in [0.5, 0.6) is 5.75 Å². The summed E-state index contributed by atoms with van der Waals surface area (Å²) in [6.45, 7) is 4.82. The smallest absolute Gasteiger partial charge is 0.119 e. The van der Waals surface area contributed by atoms with Crippen LogP contribution >= 0.6 is 0 Å². The maximum absolute atomic E-state index is 9.82. The SMILES string of the molecule is C#CC(CC)NCC(O)COc1cccc(CC)c1. The van der Waals surface area contributed by atoms with E-state index in [0.717, 1.165) is 18.6 Å². The molecule has 2 atom stereocenters. The van der Waals surface area contributed by atoms with Gasteiger partial charge in [-0.1, -0.05) is 31.9 Å². The van der Waals surface area contributed by atoms with Crippen LogP contribution in [0, 0.1) is 12.3 Å². The molecule has 1 aromatic rings. The van der Waals surface area contributed by atoms with E-state index in [1.807, 2.05) is 25.1 Å². The van der Waals surface area contributed by atoms with Gasteiger partial charge in [-0.05, 0) is 30.5 Å². The van der Waals surface area contributed by atoms with Crippen molar-refractivity contribution in [1.29, 1.82) is 0 Å². The van der Waals surface area contributed by atoms with Crippen molar-refractivity contribution in [2.45, 2.75) is 38.8 Å². The summed E-state index contributed by atoms with van der Waals surface area (Å²) in [7, 11) is 0. The largest absolute Gasteiger partial charge is 0.491 e. The van der Waals surface area contributed by atoms with Crippen molar-refractivity contribution in [3.63, 3.8) is 0 Å². The molecule has 0 spiro atoms. The molecule has 3 heteroatoms. The maximum atomic E-state index is 9.82. The van der Waals surface area contributed by atoms with Gasteiger partial charge in [0.05, 0.1) is 6.04 Å². The predicted molar refractivity (Wildman–Crippen MR) is 78.2 cm³/mol. The van der Waals surface area contributed by atoms with Crippen LogP contribution < -0.4 is 10.1 Å². The topological polar surface area (TPSA) is 41.5 Å². The van der Waals surface area contributed by atoms with Gasteiger partial charge in [0, 0.05) is 6.54 Å². The fraction of sp³-hybridized carbons (Fsp3) is 0.500. The molecule has 0 aliphatic carbocycles. The third-order valence-electron chi connectivity index (χ3n) is 2.96. The third kappa shape index (κ3) is 5.78. The van der Waals surface area contributed by atoms with Crippen LogP contribution in [-0.2, 0) is 6.42 Å². The molecule has 0 aliphatic rings. The summed E-state index contributed by atoms with van der Waals surface area (Å²) >= 11 is 0. The highest BCUT2D eigenvalue weighted by atomic mass is 16.5. The number of terminal acetylenes is 1. The fourth-order valence-electron chi connectivity index (χ4n) is 1.71. The molecule has 1 aromatic carbocycles. The molecule has 2 unspecified atom stereocenters. The summed E-state index contributed by atoms with van der Waals surface area (Å²) in [6, 6.07) is 7.93. The molecule has 0 saturated carbocycles. The standard InChI is InChI=1S/C16H23NO2/c1-4-13-8-7-9-16(10-13)19-12-15(18)11-17-14(5-2)6-3/h2,7-10,14-15,17-18H,4,6,11-12H2,1,3H3. The molecule has 0 aliphatic heterocycles. The van der Waals surface area contributed by atoms with E-state index >= 15 is 0 Å². The normalized spacial score (nSPS) is 13.6. The van der Waals surface area contributed by atoms with E-state index in [-0.39, 0.29) is 12.6 Å². The summed E-state index contributed by atoms with van der Waals surface area (Å²) in [5, 5.41) is 12.9. The maximum Gasteiger partial charge on any atom is 0.119 e. The molecule has 0 radical (unpaired) electrons. The van der Waals surface area contributed by atoms with Gasteiger partial charge in [0.1, 0.15) is 18.5 Å². The van der Waals surface area contributed by atoms with Gasteiger partial charge in [0.2, 0.25) is 0 Å². The average molecular weight is 261 g/mol. The summed E-state index contributed by atoms with van der Waals surface area (Å²) < 4.78 is 5.57. The number of ether oxygens (including phenoxy) is 1. The molecular formula is C16H23NO2. The lowest BCUT2D eigenvalue weighted by Gasteiger charge is -2.16. The van der Waals surface area contributed by atoms with E-state index in [1.165, 1.54) is 5.56 Å². The van der Waals surface area contributed by atoms with Gasteiger partial charge in [0.15, 0.2) is 0 Å². The number of nitrogens with one attached hydrogen (secondary N) is 1. The van der Waals surface area contributed by atoms with E-state index in [2.05, 4.69) is 24.2 Å². The minimum absolute atomic E-state index is 0.0121. The molecule has 3 nitrogen and oxygen atoms in total. The van der Waals surface area contributed by atoms with Gasteiger partial charge in [0.25, 0.3) is 0 Å². The van der Waals surface area contributed by atoms with Crippen LogP contribution in [0.1, 0.15) is 25.8 Å². The molecule has 0 fully saturated rings. The second-order valence-electron chi connectivity index (χ2n) is 4.50. The molecule has 0 aromatic heterocycles. The first kappa shape index (κ1) is 15.6. The molecule has 0 saturated heterocycles. The number of aryl methyl sites for hydroxylation is 1. The Morgan fingerprint density at radius 1 is 1.42 bits per heavy atom. The summed E-state index contributed by atoms with van der Waals surface area (Å²) in [5.41, 5.74) is 1.23. The van der Waals surface area contributed by atoms with Gasteiger partial charge in [-0.2, -0.15) is 0 Å². The Morgan fingerprint density at radius 2 is 2.21 bits per heavy atom. The quantitative estimate of drug-likeness (QED) is 0.703. The summed E-state index contributed by atoms with van der Waals surface area (Å²) in [6.07, 6.45) is 6.60. The van der Waals surface area contributed by atoms with E-state index in [4.69, 9.17) is 11.2 Å². The lowest BCUT2D eigenvalue weighted by atomic mass is 10.2. The van der Waals surface area contributed by atoms with Crippen LogP contribution in [0.4, 0.5) is 0 Å². The van der Waals surface area contributed by atoms with Crippen molar-refractivity contribution < 1.29 is 9.84 Å². The lowest BCUT2D eigenvalue weighted by Crippen LogP contribution is -2.37. The van der Waals surface area contributed by atoms with Gasteiger partial charge >= 0.3 is 0 Å². The van der Waals surface area contributed by atoms with Gasteiger partial charge in [-0.3, -0.25) is 0 Å². The number of benzene rings is 1. The Bertz CT molecular complexity index is 411. The van der Waals surface area contributed by atoms with Crippen LogP contribution in [0.3, 0.4) is 0 Å². The number of hydrogen-bond acceptors (Lipinski definition) is 3. The minimum atomic E-state index is -0.562. The zero-order chi connectivity index (χ0) is 14.1. The van der Waals surface area contributed by atoms with Crippen molar-refractivity contribution in [2.75, 3.05) is 13.2 Å². The van der Waals surface area contributed by atoms with Crippen LogP contribution in [0.2, 0.25) is 0 Å². The van der Waals surface area contributed by atoms with Crippen LogP contribution in [-0.4, -0.2) is 30.4 Å². The Kier molecular flexibility index (Phi) is 7.02. The monoisotopic (exact) mass is 261 g/mol. The molecule has 0 heterocycles. The van der Waals surface area contributed by atoms with Crippen molar-refractivity contribution in [1.82, 2.24) is 5.32 Å². The highest BCUT2D eigenvalue weighted by molar-refractivity contribution is 5.28. The molecule has 19 heavy (non-hydrogen) atoms. The first-order chi connectivity index (χ1) is 9.19. The fourth-order valence-corrected chi connectivity index (χ4v) is 1.71. The van der Waals surface area contributed by atoms with Crippen LogP contribution in [0.25, 0.3) is 0 Å². The van der Waals surface area contributed by atoms with E-state index in [9.17, 15) is 5.11 Å². The van der Waals surface area contributed by atoms with Crippen molar-refractivity contribution in [3.8, 4) is 18.1 Å². The van der Waals surface area contributed by atoms with Crippen molar-refractivity contribution in [2.24, 2.45) is 0 Å². The third-order valence-corrected chi connectivity index (χ3v) is 2.96. The Labute approximate surface area is 116 Å². The minimum Gasteiger partial charge on any atom is -0.491 e. The van der Waals surface area contributed by atoms with E-state index in [0.29, 0.717) is 6.54 Å². The molecule has 104 valence electrons. The zero-order valence-corrected chi connectivity index (χ0v) is 11.7. The number of rotatable bonds is 8. The van der Waals surface area contributed by atoms with Crippen molar-refractivity contribution >= 4 is 0 Å². The summed E-state index contributed by atoms with van der Waals surface area (Å²) in [5.74, 6) is 3.43. The van der Waals surface area contributed by atoms with Crippen LogP contribution in [0.15, 0.2) is 24.3 Å². The molecule has 2 N–H and O–H groups in total. The van der Waals surface area contributed by atoms with E-state index < -0.39 is 6.10 Å². The van der Waals surface area contributed by atoms with Gasteiger partial charge in [-0.15, -0.1) is 6.42 Å². The lowest BCUT2D eigenvalue weighted by molar-refractivity contribution is 0.105. The number of aliphatic hydroxyl groups excluding tert-OH is 1. The first-order valence-electron chi connectivity index (χ1n) is 6.78. The second kappa shape index (κ2) is 8.58. The first-order valence-corrected chi connectivity index (χ1v) is 6.78. The molecular weight excluding hydrogens is 238 g/mol. The Hall–Kier alpha value is -1.50. The summed E-state index contributed by atoms with van der Waals surface area (Å²) in [4.78, 5) is 0. The Morgan fingerprint density at radius 3 is 2.84 bits per heavy atom. The molecule has 1 rings (SSSR count). The van der Waals surface area contributed by atoms with Gasteiger partial charge < -0.3 is 15.2 Å². The average Bonchev–Trinajstić information content (AvgIpc) is 2.46. The highest BCUT2D eigenvalue weighted by Gasteiger charge is 2.08.